The molecule has 0 amide bonds. The van der Waals surface area contributed by atoms with E-state index in [-0.39, 0.29) is 29.1 Å². The van der Waals surface area contributed by atoms with Gasteiger partial charge in [-0.15, -0.1) is 12.4 Å². The minimum absolute atomic E-state index is 0. The molecule has 1 fully saturated rings. The van der Waals surface area contributed by atoms with Crippen molar-refractivity contribution in [1.82, 2.24) is 4.90 Å². The lowest BCUT2D eigenvalue weighted by atomic mass is 10.2. The van der Waals surface area contributed by atoms with E-state index in [9.17, 15) is 10.1 Å². The maximum atomic E-state index is 10.5. The lowest BCUT2D eigenvalue weighted by Crippen LogP contribution is -2.26. The van der Waals surface area contributed by atoms with Gasteiger partial charge in [0.25, 0.3) is 5.69 Å². The summed E-state index contributed by atoms with van der Waals surface area (Å²) in [6, 6.07) is 6.98. The SMILES string of the molecule is Cl.NC1CCN(Cc2ccc([N+](=O)[O-])cc2)C1. The first-order chi connectivity index (χ1) is 7.65. The van der Waals surface area contributed by atoms with Crippen LogP contribution in [-0.4, -0.2) is 29.0 Å². The summed E-state index contributed by atoms with van der Waals surface area (Å²) in [7, 11) is 0. The van der Waals surface area contributed by atoms with Crippen LogP contribution in [-0.2, 0) is 6.54 Å². The van der Waals surface area contributed by atoms with E-state index < -0.39 is 0 Å². The van der Waals surface area contributed by atoms with Gasteiger partial charge in [0.1, 0.15) is 0 Å². The summed E-state index contributed by atoms with van der Waals surface area (Å²) in [5.74, 6) is 0. The van der Waals surface area contributed by atoms with Gasteiger partial charge >= 0.3 is 0 Å². The molecule has 0 radical (unpaired) electrons. The van der Waals surface area contributed by atoms with E-state index in [1.807, 2.05) is 12.1 Å². The van der Waals surface area contributed by atoms with Gasteiger partial charge in [-0.2, -0.15) is 0 Å². The van der Waals surface area contributed by atoms with Crippen LogP contribution in [0.2, 0.25) is 0 Å². The Labute approximate surface area is 106 Å². The van der Waals surface area contributed by atoms with Gasteiger partial charge in [-0.05, 0) is 12.0 Å². The van der Waals surface area contributed by atoms with Crippen molar-refractivity contribution in [3.8, 4) is 0 Å². The molecule has 6 heteroatoms. The first-order valence-electron chi connectivity index (χ1n) is 5.36. The summed E-state index contributed by atoms with van der Waals surface area (Å²) >= 11 is 0. The van der Waals surface area contributed by atoms with Crippen LogP contribution in [0.5, 0.6) is 0 Å². The molecule has 0 saturated carbocycles. The van der Waals surface area contributed by atoms with E-state index >= 15 is 0 Å². The summed E-state index contributed by atoms with van der Waals surface area (Å²) in [6.45, 7) is 2.75. The van der Waals surface area contributed by atoms with Gasteiger partial charge in [0.15, 0.2) is 0 Å². The Kier molecular flexibility index (Phi) is 4.86. The number of hydrogen-bond donors (Lipinski definition) is 1. The molecule has 2 rings (SSSR count). The third-order valence-electron chi connectivity index (χ3n) is 2.86. The molecule has 1 atom stereocenters. The monoisotopic (exact) mass is 257 g/mol. The Balaban J connectivity index is 0.00000144. The molecule has 0 aliphatic carbocycles. The van der Waals surface area contributed by atoms with Crippen LogP contribution >= 0.6 is 12.4 Å². The molecule has 1 unspecified atom stereocenters. The van der Waals surface area contributed by atoms with Crippen molar-refractivity contribution < 1.29 is 4.92 Å². The molecule has 1 aromatic carbocycles. The van der Waals surface area contributed by atoms with Crippen molar-refractivity contribution in [2.45, 2.75) is 19.0 Å². The average Bonchev–Trinajstić information content (AvgIpc) is 2.65. The first kappa shape index (κ1) is 13.9. The average molecular weight is 258 g/mol. The molecule has 0 spiro atoms. The number of benzene rings is 1. The van der Waals surface area contributed by atoms with Gasteiger partial charge in [-0.1, -0.05) is 12.1 Å². The largest absolute Gasteiger partial charge is 0.326 e. The smallest absolute Gasteiger partial charge is 0.269 e. The van der Waals surface area contributed by atoms with Crippen molar-refractivity contribution in [2.75, 3.05) is 13.1 Å². The van der Waals surface area contributed by atoms with Crippen LogP contribution in [0.4, 0.5) is 5.69 Å². The number of nitro benzene ring substituents is 1. The van der Waals surface area contributed by atoms with Gasteiger partial charge in [0, 0.05) is 37.8 Å². The van der Waals surface area contributed by atoms with Crippen LogP contribution in [0.3, 0.4) is 0 Å². The van der Waals surface area contributed by atoms with Crippen LogP contribution in [0.1, 0.15) is 12.0 Å². The standard InChI is InChI=1S/C11H15N3O2.ClH/c12-10-5-6-13(8-10)7-9-1-3-11(4-2-9)14(15)16;/h1-4,10H,5-8,12H2;1H. The molecule has 1 aliphatic rings. The highest BCUT2D eigenvalue weighted by Crippen LogP contribution is 2.15. The van der Waals surface area contributed by atoms with E-state index in [4.69, 9.17) is 5.73 Å². The topological polar surface area (TPSA) is 72.4 Å². The van der Waals surface area contributed by atoms with Crippen LogP contribution in [0.15, 0.2) is 24.3 Å². The van der Waals surface area contributed by atoms with E-state index in [1.54, 1.807) is 12.1 Å². The molecular formula is C11H16ClN3O2. The lowest BCUT2D eigenvalue weighted by molar-refractivity contribution is -0.384. The molecule has 1 aliphatic heterocycles. The second-order valence-electron chi connectivity index (χ2n) is 4.21. The number of halogens is 1. The minimum Gasteiger partial charge on any atom is -0.326 e. The summed E-state index contributed by atoms with van der Waals surface area (Å²) in [4.78, 5) is 12.4. The number of nitrogens with zero attached hydrogens (tertiary/aromatic N) is 2. The zero-order valence-corrected chi connectivity index (χ0v) is 10.2. The highest BCUT2D eigenvalue weighted by Gasteiger charge is 2.18. The van der Waals surface area contributed by atoms with Gasteiger partial charge in [0.05, 0.1) is 4.92 Å². The predicted molar refractivity (Wildman–Crippen MR) is 68.2 cm³/mol. The van der Waals surface area contributed by atoms with Crippen LogP contribution in [0, 0.1) is 10.1 Å². The molecule has 2 N–H and O–H groups in total. The second kappa shape index (κ2) is 5.95. The minimum atomic E-state index is -0.379. The normalized spacial score (nSPS) is 19.9. The molecule has 1 heterocycles. The number of rotatable bonds is 3. The molecule has 0 bridgehead atoms. The van der Waals surface area contributed by atoms with Crippen LogP contribution < -0.4 is 5.73 Å². The van der Waals surface area contributed by atoms with E-state index in [1.165, 1.54) is 0 Å². The van der Waals surface area contributed by atoms with Crippen molar-refractivity contribution in [2.24, 2.45) is 5.73 Å². The summed E-state index contributed by atoms with van der Waals surface area (Å²) in [6.07, 6.45) is 1.03. The second-order valence-corrected chi connectivity index (χ2v) is 4.21. The quantitative estimate of drug-likeness (QED) is 0.659. The third kappa shape index (κ3) is 3.66. The summed E-state index contributed by atoms with van der Waals surface area (Å²) < 4.78 is 0. The maximum absolute atomic E-state index is 10.5. The van der Waals surface area contributed by atoms with Gasteiger partial charge in [0.2, 0.25) is 0 Å². The number of hydrogen-bond acceptors (Lipinski definition) is 4. The first-order valence-corrected chi connectivity index (χ1v) is 5.36. The van der Waals surface area contributed by atoms with Gasteiger partial charge in [-0.3, -0.25) is 15.0 Å². The molecule has 17 heavy (non-hydrogen) atoms. The molecule has 1 aromatic rings. The number of likely N-dealkylation sites (tertiary alicyclic amines) is 1. The summed E-state index contributed by atoms with van der Waals surface area (Å²) in [5, 5.41) is 10.5. The zero-order valence-electron chi connectivity index (χ0n) is 9.41. The Hall–Kier alpha value is -1.17. The Morgan fingerprint density at radius 1 is 1.41 bits per heavy atom. The van der Waals surface area contributed by atoms with Crippen molar-refractivity contribution in [3.63, 3.8) is 0 Å². The zero-order chi connectivity index (χ0) is 11.5. The molecule has 5 nitrogen and oxygen atoms in total. The summed E-state index contributed by atoms with van der Waals surface area (Å²) in [5.41, 5.74) is 7.05. The molecule has 1 saturated heterocycles. The highest BCUT2D eigenvalue weighted by atomic mass is 35.5. The number of nitrogens with two attached hydrogens (primary N) is 1. The molecule has 0 aromatic heterocycles. The Bertz CT molecular complexity index is 383. The molecular weight excluding hydrogens is 242 g/mol. The van der Waals surface area contributed by atoms with Crippen molar-refractivity contribution in [3.05, 3.63) is 39.9 Å². The Morgan fingerprint density at radius 2 is 2.06 bits per heavy atom. The Morgan fingerprint density at radius 3 is 2.53 bits per heavy atom. The highest BCUT2D eigenvalue weighted by molar-refractivity contribution is 5.85. The van der Waals surface area contributed by atoms with Gasteiger partial charge in [-0.25, -0.2) is 0 Å². The van der Waals surface area contributed by atoms with Gasteiger partial charge < -0.3 is 5.73 Å². The fourth-order valence-electron chi connectivity index (χ4n) is 1.99. The number of non-ortho nitro benzene ring substituents is 1. The predicted octanol–water partition coefficient (Wildman–Crippen LogP) is 1.55. The maximum Gasteiger partial charge on any atom is 0.269 e. The number of nitro groups is 1. The fraction of sp³-hybridized carbons (Fsp3) is 0.455. The fourth-order valence-corrected chi connectivity index (χ4v) is 1.99. The van der Waals surface area contributed by atoms with E-state index in [0.29, 0.717) is 0 Å². The third-order valence-corrected chi connectivity index (χ3v) is 2.86. The van der Waals surface area contributed by atoms with E-state index in [0.717, 1.165) is 31.6 Å². The van der Waals surface area contributed by atoms with E-state index in [2.05, 4.69) is 4.90 Å². The molecule has 94 valence electrons. The lowest BCUT2D eigenvalue weighted by Gasteiger charge is -2.14. The van der Waals surface area contributed by atoms with Crippen molar-refractivity contribution in [1.29, 1.82) is 0 Å². The van der Waals surface area contributed by atoms with Crippen LogP contribution in [0.25, 0.3) is 0 Å². The van der Waals surface area contributed by atoms with Crippen molar-refractivity contribution >= 4 is 18.1 Å².